The zero-order valence-electron chi connectivity index (χ0n) is 20.3. The van der Waals surface area contributed by atoms with Crippen LogP contribution in [-0.2, 0) is 29.7 Å². The Kier molecular flexibility index (Phi) is 9.11. The van der Waals surface area contributed by atoms with Crippen LogP contribution in [-0.4, -0.2) is 0 Å². The number of hydrogen-bond donors (Lipinski definition) is 0. The molecule has 33 heavy (non-hydrogen) atoms. The number of halogens is 2. The van der Waals surface area contributed by atoms with Gasteiger partial charge in [-0.1, -0.05) is 0 Å². The molecule has 2 aromatic rings. The zero-order chi connectivity index (χ0) is 22.2. The minimum atomic E-state index is -0.874. The molecule has 168 valence electrons. The molecule has 0 radical (unpaired) electrons. The van der Waals surface area contributed by atoms with Gasteiger partial charge >= 0.3 is 201 Å². The van der Waals surface area contributed by atoms with Crippen molar-refractivity contribution in [1.29, 1.82) is 0 Å². The molecule has 0 atom stereocenters. The summed E-state index contributed by atoms with van der Waals surface area (Å²) in [4.78, 5) is 0. The van der Waals surface area contributed by atoms with Crippen molar-refractivity contribution in [2.45, 2.75) is 54.4 Å². The molecule has 0 N–H and O–H groups in total. The van der Waals surface area contributed by atoms with E-state index in [-0.39, 0.29) is 35.6 Å². The van der Waals surface area contributed by atoms with Crippen molar-refractivity contribution in [3.05, 3.63) is 74.1 Å². The average molecular weight is 553 g/mol. The van der Waals surface area contributed by atoms with Crippen molar-refractivity contribution in [3.8, 4) is 34.8 Å². The van der Waals surface area contributed by atoms with Gasteiger partial charge in [-0.25, -0.2) is 0 Å². The quantitative estimate of drug-likeness (QED) is 0.409. The van der Waals surface area contributed by atoms with Crippen LogP contribution in [0.15, 0.2) is 51.8 Å². The van der Waals surface area contributed by atoms with Crippen molar-refractivity contribution >= 4 is 3.27 Å². The molecule has 0 aromatic heterocycles. The van der Waals surface area contributed by atoms with E-state index in [4.69, 9.17) is 0 Å². The molecule has 4 rings (SSSR count). The van der Waals surface area contributed by atoms with E-state index in [0.29, 0.717) is 0 Å². The van der Waals surface area contributed by atoms with Crippen LogP contribution in [0.25, 0.3) is 11.1 Å². The first kappa shape index (κ1) is 27.7. The summed E-state index contributed by atoms with van der Waals surface area (Å²) < 4.78 is 3.22. The maximum absolute atomic E-state index is 3.55. The van der Waals surface area contributed by atoms with E-state index in [1.165, 1.54) is 27.8 Å². The predicted molar refractivity (Wildman–Crippen MR) is 129 cm³/mol. The fourth-order valence-corrected chi connectivity index (χ4v) is 7.20. The number of rotatable bonds is 2. The van der Waals surface area contributed by atoms with Gasteiger partial charge in [0, 0.05) is 0 Å². The maximum atomic E-state index is 3.55. The van der Waals surface area contributed by atoms with E-state index in [1.807, 2.05) is 0 Å². The van der Waals surface area contributed by atoms with Crippen molar-refractivity contribution in [1.82, 2.24) is 0 Å². The predicted octanol–water partition coefficient (Wildman–Crippen LogP) is 0.613. The topological polar surface area (TPSA) is 0 Å². The normalized spacial score (nSPS) is 13.1. The number of benzene rings is 2. The molecule has 0 nitrogen and oxygen atoms in total. The molecule has 0 spiro atoms. The van der Waals surface area contributed by atoms with Crippen LogP contribution in [0.3, 0.4) is 0 Å². The van der Waals surface area contributed by atoms with E-state index in [9.17, 15) is 0 Å². The second-order valence-corrected chi connectivity index (χ2v) is 13.9. The Morgan fingerprint density at radius 3 is 2.12 bits per heavy atom. The summed E-state index contributed by atoms with van der Waals surface area (Å²) in [5.74, 6) is 13.8. The molecule has 2 aliphatic carbocycles. The van der Waals surface area contributed by atoms with E-state index in [2.05, 4.69) is 114 Å². The van der Waals surface area contributed by atoms with Crippen LogP contribution < -0.4 is 28.1 Å². The average Bonchev–Trinajstić information content (AvgIpc) is 3.31. The summed E-state index contributed by atoms with van der Waals surface area (Å²) in [6.45, 7) is 13.0. The second kappa shape index (κ2) is 10.8. The van der Waals surface area contributed by atoms with Crippen LogP contribution in [0, 0.1) is 34.5 Å². The Morgan fingerprint density at radius 1 is 0.818 bits per heavy atom. The molecule has 3 heteroatoms. The van der Waals surface area contributed by atoms with Gasteiger partial charge in [-0.2, -0.15) is 0 Å². The zero-order valence-corrected chi connectivity index (χ0v) is 24.3. The van der Waals surface area contributed by atoms with Crippen molar-refractivity contribution in [2.24, 2.45) is 10.8 Å². The third kappa shape index (κ3) is 7.00. The molecule has 0 amide bonds. The Hall–Kier alpha value is -1.50. The molecule has 0 bridgehead atoms. The minimum absolute atomic E-state index is 0. The minimum Gasteiger partial charge on any atom is -1.00 e. The van der Waals surface area contributed by atoms with Gasteiger partial charge in [0.15, 0.2) is 0 Å². The molecule has 0 fully saturated rings. The number of allylic oxidation sites excluding steroid dienone is 4. The molecule has 2 aromatic carbocycles. The monoisotopic (exact) mass is 550 g/mol. The smallest absolute Gasteiger partial charge is 1.00 e. The van der Waals surface area contributed by atoms with Gasteiger partial charge in [-0.15, -0.1) is 0 Å². The van der Waals surface area contributed by atoms with Crippen LogP contribution in [0.4, 0.5) is 0 Å². The number of fused-ring (bicyclic) bond motifs is 3. The van der Waals surface area contributed by atoms with Gasteiger partial charge in [0.05, 0.1) is 0 Å². The van der Waals surface area contributed by atoms with E-state index < -0.39 is 23.2 Å². The molecular formula is C30H30Cl2Zr. The number of hydrogen-bond acceptors (Lipinski definition) is 0. The summed E-state index contributed by atoms with van der Waals surface area (Å²) in [5.41, 5.74) is 8.14. The Bertz CT molecular complexity index is 1230. The van der Waals surface area contributed by atoms with E-state index in [1.54, 1.807) is 6.55 Å². The standard InChI is InChI=1S/C25H25.C5H5.2ClH.Zr/c1-24(2,3)13-11-18-7-9-22-20(15-18)17-21-16-19(8-10-23(21)22)12-14-25(4,5)6;1-2-4-5-3-1;;;/h7-10,15H,17H2,1-6H3;1-3H,4H2;2*1H;/q;;;;+2/p-2. The van der Waals surface area contributed by atoms with Crippen LogP contribution >= 0.6 is 0 Å². The summed E-state index contributed by atoms with van der Waals surface area (Å²) in [6, 6.07) is 11.3. The van der Waals surface area contributed by atoms with Gasteiger partial charge in [0.2, 0.25) is 0 Å². The Labute approximate surface area is 224 Å². The first-order valence-corrected chi connectivity index (χ1v) is 13.5. The van der Waals surface area contributed by atoms with Crippen molar-refractivity contribution < 1.29 is 48.0 Å². The molecule has 2 aliphatic rings. The fraction of sp³-hybridized carbons (Fsp3) is 0.333. The Balaban J connectivity index is 0.00000193. The molecule has 0 aliphatic heterocycles. The van der Waals surface area contributed by atoms with Gasteiger partial charge in [0.25, 0.3) is 0 Å². The van der Waals surface area contributed by atoms with Crippen LogP contribution in [0.5, 0.6) is 0 Å². The largest absolute Gasteiger partial charge is 1.00 e. The molecule has 0 saturated heterocycles. The van der Waals surface area contributed by atoms with Crippen LogP contribution in [0.2, 0.25) is 0 Å². The third-order valence-corrected chi connectivity index (χ3v) is 9.01. The maximum Gasteiger partial charge on any atom is -1.00 e. The Morgan fingerprint density at radius 2 is 1.48 bits per heavy atom. The molecule has 0 saturated carbocycles. The first-order valence-electron chi connectivity index (χ1n) is 11.1. The SMILES string of the molecule is CC(C)(C)C#Cc1ccc2c(c1)Cc1c-2ccc(C#CC(C)(C)C)[c]1[Zr+2][C]1=CC=CC1.[Cl-].[Cl-]. The van der Waals surface area contributed by atoms with E-state index in [0.717, 1.165) is 18.4 Å². The summed E-state index contributed by atoms with van der Waals surface area (Å²) in [5, 5.41) is 0. The van der Waals surface area contributed by atoms with Gasteiger partial charge in [-0.05, 0) is 0 Å². The summed E-state index contributed by atoms with van der Waals surface area (Å²) >= 11 is -0.874. The molecular weight excluding hydrogens is 522 g/mol. The fourth-order valence-electron chi connectivity index (χ4n) is 3.82. The van der Waals surface area contributed by atoms with Gasteiger partial charge in [-0.3, -0.25) is 0 Å². The summed E-state index contributed by atoms with van der Waals surface area (Å²) in [7, 11) is 0. The summed E-state index contributed by atoms with van der Waals surface area (Å²) in [6.07, 6.45) is 8.98. The van der Waals surface area contributed by atoms with E-state index >= 15 is 0 Å². The second-order valence-electron chi connectivity index (χ2n) is 10.5. The van der Waals surface area contributed by atoms with Crippen LogP contribution in [0.1, 0.15) is 70.2 Å². The van der Waals surface area contributed by atoms with Crippen molar-refractivity contribution in [3.63, 3.8) is 0 Å². The molecule has 0 unspecified atom stereocenters. The van der Waals surface area contributed by atoms with Gasteiger partial charge in [0.1, 0.15) is 0 Å². The van der Waals surface area contributed by atoms with Gasteiger partial charge < -0.3 is 24.8 Å². The van der Waals surface area contributed by atoms with Crippen molar-refractivity contribution in [2.75, 3.05) is 0 Å². The first-order chi connectivity index (χ1) is 14.6. The molecule has 0 heterocycles. The third-order valence-electron chi connectivity index (χ3n) is 5.29.